The maximum atomic E-state index is 12.6. The molecule has 0 saturated carbocycles. The molecule has 1 aromatic carbocycles. The molecule has 31 heavy (non-hydrogen) atoms. The molecular formula is C20H20N6O4S. The van der Waals surface area contributed by atoms with Gasteiger partial charge in [-0.2, -0.15) is 0 Å². The molecule has 0 spiro atoms. The Morgan fingerprint density at radius 2 is 1.94 bits per heavy atom. The summed E-state index contributed by atoms with van der Waals surface area (Å²) in [6.07, 6.45) is 4.59. The highest BCUT2D eigenvalue weighted by Crippen LogP contribution is 2.35. The second kappa shape index (κ2) is 8.80. The normalized spacial score (nSPS) is 18.1. The summed E-state index contributed by atoms with van der Waals surface area (Å²) < 4.78 is 17.3. The molecule has 0 bridgehead atoms. The SMILES string of the molecule is O=C(CSc1nnc(C2COc3ccccc3O2)o1)N1CCN(c2cnccn2)CC1. The van der Waals surface area contributed by atoms with Gasteiger partial charge in [0.2, 0.25) is 12.0 Å². The number of anilines is 1. The zero-order chi connectivity index (χ0) is 21.0. The standard InChI is InChI=1S/C20H20N6O4S/c27-18(26-9-7-25(8-10-26)17-11-21-5-6-22-17)13-31-20-24-23-19(30-20)16-12-28-14-3-1-2-4-15(14)29-16/h1-6,11,16H,7-10,12-13H2. The number of aromatic nitrogens is 4. The second-order valence-electron chi connectivity index (χ2n) is 6.99. The summed E-state index contributed by atoms with van der Waals surface area (Å²) in [5.74, 6) is 2.77. The third-order valence-electron chi connectivity index (χ3n) is 5.03. The predicted molar refractivity (Wildman–Crippen MR) is 111 cm³/mol. The highest BCUT2D eigenvalue weighted by molar-refractivity contribution is 7.99. The number of thioether (sulfide) groups is 1. The number of nitrogens with zero attached hydrogens (tertiary/aromatic N) is 6. The van der Waals surface area contributed by atoms with Crippen LogP contribution >= 0.6 is 11.8 Å². The number of amides is 1. The smallest absolute Gasteiger partial charge is 0.277 e. The minimum atomic E-state index is -0.471. The van der Waals surface area contributed by atoms with E-state index in [9.17, 15) is 4.79 Å². The Labute approximate surface area is 182 Å². The van der Waals surface area contributed by atoms with Crippen molar-refractivity contribution in [2.75, 3.05) is 43.4 Å². The molecule has 1 unspecified atom stereocenters. The van der Waals surface area contributed by atoms with Gasteiger partial charge in [-0.1, -0.05) is 23.9 Å². The van der Waals surface area contributed by atoms with E-state index < -0.39 is 6.10 Å². The van der Waals surface area contributed by atoms with Crippen LogP contribution in [0.2, 0.25) is 0 Å². The molecule has 0 aliphatic carbocycles. The van der Waals surface area contributed by atoms with E-state index in [2.05, 4.69) is 25.1 Å². The van der Waals surface area contributed by atoms with Crippen LogP contribution in [0.5, 0.6) is 11.5 Å². The minimum absolute atomic E-state index is 0.0368. The fourth-order valence-electron chi connectivity index (χ4n) is 3.40. The first kappa shape index (κ1) is 19.6. The molecule has 1 amide bonds. The number of rotatable bonds is 5. The largest absolute Gasteiger partial charge is 0.485 e. The molecule has 0 radical (unpaired) electrons. The highest BCUT2D eigenvalue weighted by Gasteiger charge is 2.28. The first-order chi connectivity index (χ1) is 15.3. The van der Waals surface area contributed by atoms with E-state index in [4.69, 9.17) is 13.9 Å². The summed E-state index contributed by atoms with van der Waals surface area (Å²) in [5.41, 5.74) is 0. The molecule has 1 atom stereocenters. The third kappa shape index (κ3) is 4.41. The Balaban J connectivity index is 1.11. The molecule has 160 valence electrons. The summed E-state index contributed by atoms with van der Waals surface area (Å²) in [5, 5.41) is 8.43. The van der Waals surface area contributed by atoms with Crippen LogP contribution < -0.4 is 14.4 Å². The number of hydrogen-bond donors (Lipinski definition) is 0. The zero-order valence-corrected chi connectivity index (χ0v) is 17.4. The van der Waals surface area contributed by atoms with Crippen molar-refractivity contribution < 1.29 is 18.7 Å². The van der Waals surface area contributed by atoms with E-state index in [1.54, 1.807) is 18.6 Å². The van der Waals surface area contributed by atoms with Crippen LogP contribution in [0.25, 0.3) is 0 Å². The number of carbonyl (C=O) groups excluding carboxylic acids is 1. The van der Waals surface area contributed by atoms with Gasteiger partial charge in [-0.3, -0.25) is 9.78 Å². The van der Waals surface area contributed by atoms with E-state index in [-0.39, 0.29) is 18.3 Å². The van der Waals surface area contributed by atoms with Gasteiger partial charge in [0.25, 0.3) is 11.1 Å². The molecule has 4 heterocycles. The summed E-state index contributed by atoms with van der Waals surface area (Å²) in [6, 6.07) is 7.44. The number of para-hydroxylation sites is 2. The van der Waals surface area contributed by atoms with E-state index in [0.717, 1.165) is 18.9 Å². The average molecular weight is 440 g/mol. The molecule has 0 N–H and O–H groups in total. The lowest BCUT2D eigenvalue weighted by Gasteiger charge is -2.35. The Hall–Kier alpha value is -3.34. The van der Waals surface area contributed by atoms with E-state index >= 15 is 0 Å². The van der Waals surface area contributed by atoms with Crippen molar-refractivity contribution in [1.29, 1.82) is 0 Å². The number of hydrogen-bond acceptors (Lipinski definition) is 10. The van der Waals surface area contributed by atoms with Crippen molar-refractivity contribution in [3.63, 3.8) is 0 Å². The first-order valence-electron chi connectivity index (χ1n) is 9.90. The van der Waals surface area contributed by atoms with Crippen LogP contribution in [-0.4, -0.2) is 69.5 Å². The van der Waals surface area contributed by atoms with Gasteiger partial charge in [0, 0.05) is 38.6 Å². The molecule has 2 aromatic heterocycles. The monoisotopic (exact) mass is 440 g/mol. The van der Waals surface area contributed by atoms with Gasteiger partial charge in [0.05, 0.1) is 11.9 Å². The molecule has 5 rings (SSSR count). The van der Waals surface area contributed by atoms with Crippen LogP contribution in [0.15, 0.2) is 52.5 Å². The van der Waals surface area contributed by atoms with Crippen molar-refractivity contribution >= 4 is 23.5 Å². The molecule has 1 fully saturated rings. The van der Waals surface area contributed by atoms with Crippen LogP contribution in [0, 0.1) is 0 Å². The van der Waals surface area contributed by atoms with Crippen molar-refractivity contribution in [2.24, 2.45) is 0 Å². The van der Waals surface area contributed by atoms with Gasteiger partial charge in [-0.05, 0) is 12.1 Å². The number of fused-ring (bicyclic) bond motifs is 1. The van der Waals surface area contributed by atoms with Crippen molar-refractivity contribution in [3.05, 3.63) is 48.7 Å². The van der Waals surface area contributed by atoms with Crippen molar-refractivity contribution in [3.8, 4) is 11.5 Å². The topological polar surface area (TPSA) is 107 Å². The maximum absolute atomic E-state index is 12.6. The first-order valence-corrected chi connectivity index (χ1v) is 10.9. The number of piperazine rings is 1. The van der Waals surface area contributed by atoms with Gasteiger partial charge in [0.15, 0.2) is 11.5 Å². The molecule has 2 aliphatic heterocycles. The molecule has 11 heteroatoms. The van der Waals surface area contributed by atoms with E-state index in [1.807, 2.05) is 29.2 Å². The predicted octanol–water partition coefficient (Wildman–Crippen LogP) is 1.81. The number of carbonyl (C=O) groups is 1. The fourth-order valence-corrected chi connectivity index (χ4v) is 4.08. The Bertz CT molecular complexity index is 1040. The van der Waals surface area contributed by atoms with Crippen LogP contribution in [0.1, 0.15) is 12.0 Å². The van der Waals surface area contributed by atoms with Crippen LogP contribution in [-0.2, 0) is 4.79 Å². The summed E-state index contributed by atoms with van der Waals surface area (Å²) >= 11 is 1.23. The van der Waals surface area contributed by atoms with Crippen LogP contribution in [0.3, 0.4) is 0 Å². The molecular weight excluding hydrogens is 420 g/mol. The van der Waals surface area contributed by atoms with E-state index in [1.165, 1.54) is 11.8 Å². The lowest BCUT2D eigenvalue weighted by molar-refractivity contribution is -0.128. The quantitative estimate of drug-likeness (QED) is 0.545. The van der Waals surface area contributed by atoms with Gasteiger partial charge in [0.1, 0.15) is 12.4 Å². The minimum Gasteiger partial charge on any atom is -0.485 e. The van der Waals surface area contributed by atoms with Gasteiger partial charge < -0.3 is 23.7 Å². The summed E-state index contributed by atoms with van der Waals surface area (Å²) in [4.78, 5) is 25.0. The van der Waals surface area contributed by atoms with Crippen LogP contribution in [0.4, 0.5) is 5.82 Å². The van der Waals surface area contributed by atoms with Gasteiger partial charge in [-0.15, -0.1) is 10.2 Å². The lowest BCUT2D eigenvalue weighted by Crippen LogP contribution is -2.49. The second-order valence-corrected chi connectivity index (χ2v) is 7.92. The van der Waals surface area contributed by atoms with Crippen molar-refractivity contribution in [1.82, 2.24) is 25.1 Å². The van der Waals surface area contributed by atoms with E-state index in [0.29, 0.717) is 35.7 Å². The number of benzene rings is 1. The maximum Gasteiger partial charge on any atom is 0.277 e. The Morgan fingerprint density at radius 1 is 1.10 bits per heavy atom. The Kier molecular flexibility index (Phi) is 5.57. The summed E-state index contributed by atoms with van der Waals surface area (Å²) in [7, 11) is 0. The molecule has 2 aliphatic rings. The lowest BCUT2D eigenvalue weighted by atomic mass is 10.2. The zero-order valence-electron chi connectivity index (χ0n) is 16.6. The average Bonchev–Trinajstić information content (AvgIpc) is 3.32. The molecule has 1 saturated heterocycles. The van der Waals surface area contributed by atoms with Crippen molar-refractivity contribution in [2.45, 2.75) is 11.3 Å². The molecule has 10 nitrogen and oxygen atoms in total. The number of ether oxygens (including phenoxy) is 2. The fraction of sp³-hybridized carbons (Fsp3) is 0.350. The third-order valence-corrected chi connectivity index (χ3v) is 5.83. The highest BCUT2D eigenvalue weighted by atomic mass is 32.2. The summed E-state index contributed by atoms with van der Waals surface area (Å²) in [6.45, 7) is 3.01. The van der Waals surface area contributed by atoms with Gasteiger partial charge >= 0.3 is 0 Å². The Morgan fingerprint density at radius 3 is 2.74 bits per heavy atom. The van der Waals surface area contributed by atoms with Gasteiger partial charge in [-0.25, -0.2) is 4.98 Å². The molecule has 3 aromatic rings.